The van der Waals surface area contributed by atoms with Gasteiger partial charge in [-0.05, 0) is 53.9 Å². The minimum atomic E-state index is -0.0337. The van der Waals surface area contributed by atoms with Crippen LogP contribution in [-0.2, 0) is 6.42 Å². The molecule has 0 aromatic heterocycles. The first-order valence-corrected chi connectivity index (χ1v) is 12.2. The number of hydrogen-bond acceptors (Lipinski definition) is 4. The molecular weight excluding hydrogens is 467 g/mol. The Labute approximate surface area is 211 Å². The molecule has 0 radical (unpaired) electrons. The molecule has 4 rings (SSSR count). The Hall–Kier alpha value is -2.68. The van der Waals surface area contributed by atoms with Crippen LogP contribution in [0.5, 0.6) is 5.75 Å². The van der Waals surface area contributed by atoms with Crippen LogP contribution in [0.15, 0.2) is 66.7 Å². The molecule has 176 valence electrons. The van der Waals surface area contributed by atoms with Crippen molar-refractivity contribution in [3.63, 3.8) is 0 Å². The molecule has 1 N–H and O–H groups in total. The molecular formula is C28H28Cl2N2O2. The fourth-order valence-electron chi connectivity index (χ4n) is 4.33. The molecule has 0 aliphatic carbocycles. The minimum Gasteiger partial charge on any atom is -0.491 e. The largest absolute Gasteiger partial charge is 0.491 e. The van der Waals surface area contributed by atoms with Crippen molar-refractivity contribution in [2.24, 2.45) is 0 Å². The van der Waals surface area contributed by atoms with Gasteiger partial charge in [0.15, 0.2) is 0 Å². The molecule has 1 saturated heterocycles. The molecule has 0 spiro atoms. The van der Waals surface area contributed by atoms with E-state index in [9.17, 15) is 0 Å². The van der Waals surface area contributed by atoms with E-state index >= 15 is 0 Å². The third-order valence-corrected chi connectivity index (χ3v) is 6.70. The van der Waals surface area contributed by atoms with Crippen molar-refractivity contribution < 1.29 is 9.84 Å². The van der Waals surface area contributed by atoms with Gasteiger partial charge in [0.25, 0.3) is 0 Å². The van der Waals surface area contributed by atoms with Crippen LogP contribution in [0.2, 0.25) is 10.0 Å². The normalized spacial score (nSPS) is 16.3. The van der Waals surface area contributed by atoms with Crippen molar-refractivity contribution in [3.05, 3.63) is 93.5 Å². The van der Waals surface area contributed by atoms with Gasteiger partial charge in [-0.1, -0.05) is 53.4 Å². The van der Waals surface area contributed by atoms with Gasteiger partial charge in [-0.15, -0.1) is 6.42 Å². The van der Waals surface area contributed by atoms with Crippen LogP contribution >= 0.6 is 23.2 Å². The number of benzene rings is 3. The van der Waals surface area contributed by atoms with Crippen molar-refractivity contribution in [1.29, 1.82) is 0 Å². The maximum absolute atomic E-state index is 9.01. The Kier molecular flexibility index (Phi) is 8.37. The minimum absolute atomic E-state index is 0.0337. The van der Waals surface area contributed by atoms with E-state index < -0.39 is 0 Å². The summed E-state index contributed by atoms with van der Waals surface area (Å²) in [6.07, 6.45) is 6.44. The van der Waals surface area contributed by atoms with Crippen LogP contribution in [-0.4, -0.2) is 49.4 Å². The Balaban J connectivity index is 1.52. The zero-order valence-corrected chi connectivity index (χ0v) is 20.5. The smallest absolute Gasteiger partial charge is 0.121 e. The van der Waals surface area contributed by atoms with Gasteiger partial charge in [0.1, 0.15) is 12.4 Å². The van der Waals surface area contributed by atoms with E-state index in [1.54, 1.807) is 0 Å². The molecule has 3 aromatic carbocycles. The fourth-order valence-corrected chi connectivity index (χ4v) is 4.73. The van der Waals surface area contributed by atoms with Gasteiger partial charge in [-0.3, -0.25) is 4.90 Å². The van der Waals surface area contributed by atoms with Gasteiger partial charge >= 0.3 is 0 Å². The highest BCUT2D eigenvalue weighted by molar-refractivity contribution is 6.33. The van der Waals surface area contributed by atoms with Crippen molar-refractivity contribution in [3.8, 4) is 18.1 Å². The summed E-state index contributed by atoms with van der Waals surface area (Å²) in [5.41, 5.74) is 4.36. The van der Waals surface area contributed by atoms with Crippen LogP contribution in [0.25, 0.3) is 0 Å². The lowest BCUT2D eigenvalue weighted by molar-refractivity contribution is 0.201. The van der Waals surface area contributed by atoms with Crippen LogP contribution in [0.4, 0.5) is 5.69 Å². The van der Waals surface area contributed by atoms with Crippen molar-refractivity contribution in [2.45, 2.75) is 12.5 Å². The molecule has 0 saturated carbocycles. The lowest BCUT2D eigenvalue weighted by Gasteiger charge is -2.43. The zero-order chi connectivity index (χ0) is 23.9. The first-order chi connectivity index (χ1) is 16.6. The number of anilines is 1. The molecule has 0 bridgehead atoms. The maximum atomic E-state index is 9.01. The molecule has 6 heteroatoms. The lowest BCUT2D eigenvalue weighted by atomic mass is 10.0. The van der Waals surface area contributed by atoms with Crippen LogP contribution in [0.3, 0.4) is 0 Å². The summed E-state index contributed by atoms with van der Waals surface area (Å²) in [5.74, 6) is 3.32. The summed E-state index contributed by atoms with van der Waals surface area (Å²) in [6.45, 7) is 3.84. The number of rotatable bonds is 8. The summed E-state index contributed by atoms with van der Waals surface area (Å²) < 4.78 is 5.52. The van der Waals surface area contributed by atoms with Crippen molar-refractivity contribution in [1.82, 2.24) is 4.90 Å². The molecule has 4 nitrogen and oxygen atoms in total. The molecule has 1 aliphatic heterocycles. The van der Waals surface area contributed by atoms with Gasteiger partial charge in [0, 0.05) is 42.8 Å². The van der Waals surface area contributed by atoms with Crippen LogP contribution in [0.1, 0.15) is 22.7 Å². The molecule has 34 heavy (non-hydrogen) atoms. The van der Waals surface area contributed by atoms with Crippen molar-refractivity contribution in [2.75, 3.05) is 44.3 Å². The summed E-state index contributed by atoms with van der Waals surface area (Å²) in [5, 5.41) is 10.4. The average molecular weight is 495 g/mol. The topological polar surface area (TPSA) is 35.9 Å². The summed E-state index contributed by atoms with van der Waals surface area (Å²) in [4.78, 5) is 4.86. The third kappa shape index (κ3) is 6.05. The van der Waals surface area contributed by atoms with E-state index in [1.165, 1.54) is 11.1 Å². The number of ether oxygens (including phenoxy) is 1. The Bertz CT molecular complexity index is 1130. The molecule has 3 aromatic rings. The number of aliphatic hydroxyl groups is 1. The Morgan fingerprint density at radius 3 is 2.44 bits per heavy atom. The number of piperazine rings is 1. The summed E-state index contributed by atoms with van der Waals surface area (Å²) in [6, 6.07) is 22.1. The monoisotopic (exact) mass is 494 g/mol. The first kappa shape index (κ1) is 24.4. The SMILES string of the molecule is C#Cc1ccc(CCN2CCN(c3ccc(OCCO)cc3Cl)[C@H](c3ccc(Cl)cc3)C2)cc1. The van der Waals surface area contributed by atoms with E-state index in [-0.39, 0.29) is 19.3 Å². The van der Waals surface area contributed by atoms with Gasteiger partial charge in [-0.2, -0.15) is 0 Å². The van der Waals surface area contributed by atoms with Crippen molar-refractivity contribution >= 4 is 28.9 Å². The van der Waals surface area contributed by atoms with E-state index in [1.807, 2.05) is 42.5 Å². The number of aliphatic hydroxyl groups excluding tert-OH is 1. The highest BCUT2D eigenvalue weighted by atomic mass is 35.5. The molecule has 1 heterocycles. The molecule has 1 fully saturated rings. The second kappa shape index (κ2) is 11.6. The highest BCUT2D eigenvalue weighted by Crippen LogP contribution is 2.37. The van der Waals surface area contributed by atoms with Crippen LogP contribution in [0, 0.1) is 12.3 Å². The predicted molar refractivity (Wildman–Crippen MR) is 140 cm³/mol. The third-order valence-electron chi connectivity index (χ3n) is 6.15. The maximum Gasteiger partial charge on any atom is 0.121 e. The number of hydrogen-bond donors (Lipinski definition) is 1. The summed E-state index contributed by atoms with van der Waals surface area (Å²) in [7, 11) is 0. The molecule has 0 amide bonds. The van der Waals surface area contributed by atoms with Gasteiger partial charge in [0.05, 0.1) is 23.4 Å². The van der Waals surface area contributed by atoms with E-state index in [4.69, 9.17) is 39.5 Å². The standard InChI is InChI=1S/C28H28Cl2N2O2/c1-2-21-3-5-22(6-4-21)13-14-31-15-16-32(28(20-31)23-7-9-24(29)10-8-23)27-12-11-25(19-26(27)30)34-18-17-33/h1,3-12,19,28,33H,13-18,20H2/t28-/m0/s1. The molecule has 0 unspecified atom stereocenters. The molecule has 1 atom stereocenters. The summed E-state index contributed by atoms with van der Waals surface area (Å²) >= 11 is 12.9. The zero-order valence-electron chi connectivity index (χ0n) is 19.0. The lowest BCUT2D eigenvalue weighted by Crippen LogP contribution is -2.49. The Morgan fingerprint density at radius 1 is 1.00 bits per heavy atom. The highest BCUT2D eigenvalue weighted by Gasteiger charge is 2.29. The van der Waals surface area contributed by atoms with E-state index in [0.29, 0.717) is 10.8 Å². The predicted octanol–water partition coefficient (Wildman–Crippen LogP) is 5.45. The van der Waals surface area contributed by atoms with E-state index in [2.05, 4.69) is 40.0 Å². The van der Waals surface area contributed by atoms with E-state index in [0.717, 1.165) is 48.9 Å². The second-order valence-corrected chi connectivity index (χ2v) is 9.18. The van der Waals surface area contributed by atoms with Crippen LogP contribution < -0.4 is 9.64 Å². The first-order valence-electron chi connectivity index (χ1n) is 11.4. The Morgan fingerprint density at radius 2 is 1.76 bits per heavy atom. The quantitative estimate of drug-likeness (QED) is 0.422. The van der Waals surface area contributed by atoms with Gasteiger partial charge in [0.2, 0.25) is 0 Å². The second-order valence-electron chi connectivity index (χ2n) is 8.34. The number of halogens is 2. The number of terminal acetylenes is 1. The van der Waals surface area contributed by atoms with Gasteiger partial charge in [-0.25, -0.2) is 0 Å². The number of nitrogens with zero attached hydrogens (tertiary/aromatic N) is 2. The van der Waals surface area contributed by atoms with Gasteiger partial charge < -0.3 is 14.7 Å². The molecule has 1 aliphatic rings. The fraction of sp³-hybridized carbons (Fsp3) is 0.286. The average Bonchev–Trinajstić information content (AvgIpc) is 2.87.